The molecule has 1 heterocycles. The first-order valence-electron chi connectivity index (χ1n) is 8.97. The Morgan fingerprint density at radius 3 is 2.76 bits per heavy atom. The van der Waals surface area contributed by atoms with E-state index in [1.54, 1.807) is 4.90 Å². The van der Waals surface area contributed by atoms with Crippen LogP contribution in [0.25, 0.3) is 0 Å². The Kier molecular flexibility index (Phi) is 7.25. The second-order valence-electron chi connectivity index (χ2n) is 6.89. The molecule has 0 bridgehead atoms. The zero-order valence-electron chi connectivity index (χ0n) is 15.1. The molecule has 0 saturated carbocycles. The largest absolute Gasteiger partial charge is 0.481 e. The zero-order valence-corrected chi connectivity index (χ0v) is 15.1. The summed E-state index contributed by atoms with van der Waals surface area (Å²) >= 11 is 0. The number of carbonyl (C=O) groups is 2. The molecule has 2 amide bonds. The summed E-state index contributed by atoms with van der Waals surface area (Å²) in [5.74, 6) is -1.25. The Bertz CT molecular complexity index is 564. The maximum Gasteiger partial charge on any atom is 0.317 e. The molecule has 2 N–H and O–H groups in total. The Morgan fingerprint density at radius 2 is 2.08 bits per heavy atom. The van der Waals surface area contributed by atoms with Crippen LogP contribution in [0.4, 0.5) is 4.79 Å². The molecule has 0 radical (unpaired) electrons. The molecular weight excluding hydrogens is 318 g/mol. The number of urea groups is 1. The van der Waals surface area contributed by atoms with Gasteiger partial charge in [-0.1, -0.05) is 30.3 Å². The zero-order chi connectivity index (χ0) is 18.2. The smallest absolute Gasteiger partial charge is 0.317 e. The molecule has 1 aromatic rings. The fourth-order valence-electron chi connectivity index (χ4n) is 3.11. The van der Waals surface area contributed by atoms with Crippen LogP contribution >= 0.6 is 0 Å². The van der Waals surface area contributed by atoms with Crippen LogP contribution in [0.15, 0.2) is 30.3 Å². The number of hydrogen-bond acceptors (Lipinski definition) is 3. The summed E-state index contributed by atoms with van der Waals surface area (Å²) in [6.45, 7) is 4.57. The third-order valence-corrected chi connectivity index (χ3v) is 4.92. The predicted molar refractivity (Wildman–Crippen MR) is 97.3 cm³/mol. The summed E-state index contributed by atoms with van der Waals surface area (Å²) in [7, 11) is 2.08. The molecule has 1 aromatic carbocycles. The number of benzene rings is 1. The second kappa shape index (κ2) is 9.42. The van der Waals surface area contributed by atoms with Crippen LogP contribution in [0.1, 0.15) is 31.7 Å². The van der Waals surface area contributed by atoms with E-state index in [1.165, 1.54) is 5.56 Å². The first-order valence-corrected chi connectivity index (χ1v) is 8.97. The molecule has 2 unspecified atom stereocenters. The lowest BCUT2D eigenvalue weighted by atomic mass is 9.99. The van der Waals surface area contributed by atoms with Gasteiger partial charge in [0.25, 0.3) is 0 Å². The number of carboxylic acids is 1. The van der Waals surface area contributed by atoms with Gasteiger partial charge >= 0.3 is 12.0 Å². The molecule has 0 aromatic heterocycles. The van der Waals surface area contributed by atoms with Gasteiger partial charge in [0.2, 0.25) is 0 Å². The van der Waals surface area contributed by atoms with Crippen molar-refractivity contribution in [2.75, 3.05) is 26.7 Å². The van der Waals surface area contributed by atoms with Gasteiger partial charge in [0.15, 0.2) is 0 Å². The Labute approximate surface area is 149 Å². The fraction of sp³-hybridized carbons (Fsp3) is 0.579. The lowest BCUT2D eigenvalue weighted by molar-refractivity contribution is -0.143. The number of nitrogens with one attached hydrogen (secondary N) is 1. The van der Waals surface area contributed by atoms with E-state index in [9.17, 15) is 9.59 Å². The molecule has 0 aliphatic carbocycles. The van der Waals surface area contributed by atoms with Gasteiger partial charge < -0.3 is 15.3 Å². The van der Waals surface area contributed by atoms with Crippen LogP contribution in [0.2, 0.25) is 0 Å². The molecule has 1 aliphatic heterocycles. The van der Waals surface area contributed by atoms with Crippen LogP contribution < -0.4 is 5.32 Å². The maximum atomic E-state index is 12.2. The number of aliphatic carboxylic acids is 1. The molecule has 1 saturated heterocycles. The quantitative estimate of drug-likeness (QED) is 0.794. The van der Waals surface area contributed by atoms with Gasteiger partial charge in [-0.25, -0.2) is 4.79 Å². The highest BCUT2D eigenvalue weighted by atomic mass is 16.4. The highest BCUT2D eigenvalue weighted by molar-refractivity contribution is 5.76. The standard InChI is InChI=1S/C19H29N3O3/c1-15(21(2)13-16-7-4-3-5-8-16)10-11-20-19(25)22-12-6-9-17(14-22)18(23)24/h3-5,7-8,15,17H,6,9-14H2,1-2H3,(H,20,25)(H,23,24). The van der Waals surface area contributed by atoms with Gasteiger partial charge in [0, 0.05) is 32.2 Å². The minimum absolute atomic E-state index is 0.149. The van der Waals surface area contributed by atoms with E-state index in [0.717, 1.165) is 19.4 Å². The molecule has 1 fully saturated rings. The molecule has 6 heteroatoms. The van der Waals surface area contributed by atoms with E-state index in [2.05, 4.69) is 36.3 Å². The van der Waals surface area contributed by atoms with Gasteiger partial charge in [0.05, 0.1) is 5.92 Å². The Balaban J connectivity index is 1.70. The molecule has 6 nitrogen and oxygen atoms in total. The Hall–Kier alpha value is -2.08. The summed E-state index contributed by atoms with van der Waals surface area (Å²) in [6.07, 6.45) is 2.26. The van der Waals surface area contributed by atoms with Crippen molar-refractivity contribution >= 4 is 12.0 Å². The van der Waals surface area contributed by atoms with Crippen LogP contribution in [-0.2, 0) is 11.3 Å². The molecule has 0 spiro atoms. The molecule has 2 rings (SSSR count). The van der Waals surface area contributed by atoms with E-state index in [1.807, 2.05) is 18.2 Å². The number of carbonyl (C=O) groups excluding carboxylic acids is 1. The van der Waals surface area contributed by atoms with Gasteiger partial charge in [-0.15, -0.1) is 0 Å². The molecule has 1 aliphatic rings. The van der Waals surface area contributed by atoms with Gasteiger partial charge in [-0.05, 0) is 38.8 Å². The summed E-state index contributed by atoms with van der Waals surface area (Å²) in [5, 5.41) is 12.0. The number of hydrogen-bond donors (Lipinski definition) is 2. The van der Waals surface area contributed by atoms with Crippen LogP contribution in [0.3, 0.4) is 0 Å². The predicted octanol–water partition coefficient (Wildman–Crippen LogP) is 2.40. The first kappa shape index (κ1) is 19.2. The molecule has 25 heavy (non-hydrogen) atoms. The van der Waals surface area contributed by atoms with Crippen LogP contribution in [0.5, 0.6) is 0 Å². The summed E-state index contributed by atoms with van der Waals surface area (Å²) in [5.41, 5.74) is 1.27. The summed E-state index contributed by atoms with van der Waals surface area (Å²) in [4.78, 5) is 27.2. The first-order chi connectivity index (χ1) is 12.0. The topological polar surface area (TPSA) is 72.9 Å². The van der Waals surface area contributed by atoms with Crippen molar-refractivity contribution in [3.05, 3.63) is 35.9 Å². The van der Waals surface area contributed by atoms with Crippen molar-refractivity contribution in [3.8, 4) is 0 Å². The van der Waals surface area contributed by atoms with Crippen molar-refractivity contribution in [2.24, 2.45) is 5.92 Å². The highest BCUT2D eigenvalue weighted by Gasteiger charge is 2.27. The number of rotatable bonds is 7. The summed E-state index contributed by atoms with van der Waals surface area (Å²) in [6, 6.07) is 10.5. The van der Waals surface area contributed by atoms with Gasteiger partial charge in [-0.3, -0.25) is 9.69 Å². The van der Waals surface area contributed by atoms with Crippen molar-refractivity contribution < 1.29 is 14.7 Å². The van der Waals surface area contributed by atoms with Crippen molar-refractivity contribution in [2.45, 2.75) is 38.8 Å². The van der Waals surface area contributed by atoms with Crippen molar-refractivity contribution in [1.82, 2.24) is 15.1 Å². The number of amides is 2. The van der Waals surface area contributed by atoms with E-state index in [-0.39, 0.29) is 6.03 Å². The lowest BCUT2D eigenvalue weighted by Crippen LogP contribution is -2.47. The Morgan fingerprint density at radius 1 is 1.36 bits per heavy atom. The number of piperidine rings is 1. The molecule has 138 valence electrons. The van der Waals surface area contributed by atoms with E-state index < -0.39 is 11.9 Å². The second-order valence-corrected chi connectivity index (χ2v) is 6.89. The number of likely N-dealkylation sites (tertiary alicyclic amines) is 1. The van der Waals surface area contributed by atoms with E-state index in [4.69, 9.17) is 5.11 Å². The summed E-state index contributed by atoms with van der Waals surface area (Å²) < 4.78 is 0. The van der Waals surface area contributed by atoms with E-state index >= 15 is 0 Å². The van der Waals surface area contributed by atoms with Crippen LogP contribution in [0, 0.1) is 5.92 Å². The minimum Gasteiger partial charge on any atom is -0.481 e. The number of nitrogens with zero attached hydrogens (tertiary/aromatic N) is 2. The van der Waals surface area contributed by atoms with E-state index in [0.29, 0.717) is 32.1 Å². The van der Waals surface area contributed by atoms with Crippen molar-refractivity contribution in [3.63, 3.8) is 0 Å². The van der Waals surface area contributed by atoms with Crippen molar-refractivity contribution in [1.29, 1.82) is 0 Å². The monoisotopic (exact) mass is 347 g/mol. The van der Waals surface area contributed by atoms with Crippen LogP contribution in [-0.4, -0.2) is 59.6 Å². The normalized spacial score (nSPS) is 18.8. The third-order valence-electron chi connectivity index (χ3n) is 4.92. The molecule has 2 atom stereocenters. The SMILES string of the molecule is CC(CCNC(=O)N1CCCC(C(=O)O)C1)N(C)Cc1ccccc1. The maximum absolute atomic E-state index is 12.2. The average Bonchev–Trinajstić information content (AvgIpc) is 2.62. The molecular formula is C19H29N3O3. The van der Waals surface area contributed by atoms with Gasteiger partial charge in [0.1, 0.15) is 0 Å². The minimum atomic E-state index is -0.811. The lowest BCUT2D eigenvalue weighted by Gasteiger charge is -2.31. The highest BCUT2D eigenvalue weighted by Crippen LogP contribution is 2.16. The fourth-order valence-corrected chi connectivity index (χ4v) is 3.11. The van der Waals surface area contributed by atoms with Gasteiger partial charge in [-0.2, -0.15) is 0 Å². The number of carboxylic acid groups (broad SMARTS) is 1. The average molecular weight is 347 g/mol. The third kappa shape index (κ3) is 6.05.